The minimum Gasteiger partial charge on any atom is -0.455 e. The van der Waals surface area contributed by atoms with E-state index in [1.807, 2.05) is 0 Å². The van der Waals surface area contributed by atoms with Gasteiger partial charge in [-0.1, -0.05) is 82.0 Å². The van der Waals surface area contributed by atoms with Crippen LogP contribution in [0.2, 0.25) is 0 Å². The number of rotatable bonds is 4. The summed E-state index contributed by atoms with van der Waals surface area (Å²) in [6.45, 7) is 6.88. The van der Waals surface area contributed by atoms with E-state index >= 15 is 0 Å². The largest absolute Gasteiger partial charge is 0.455 e. The highest BCUT2D eigenvalue weighted by atomic mass is 16.5. The molecule has 7 rings (SSSR count). The topological polar surface area (TPSA) is 13.1 Å². The summed E-state index contributed by atoms with van der Waals surface area (Å²) in [6, 6.07) is 20.6. The lowest BCUT2D eigenvalue weighted by atomic mass is 9.85. The fourth-order valence-corrected chi connectivity index (χ4v) is 7.11. The van der Waals surface area contributed by atoms with Crippen molar-refractivity contribution in [2.75, 3.05) is 0 Å². The molecule has 0 atom stereocenters. The van der Waals surface area contributed by atoms with E-state index < -0.39 is 0 Å². The lowest BCUT2D eigenvalue weighted by molar-refractivity contribution is -0.659. The summed E-state index contributed by atoms with van der Waals surface area (Å²) in [5.74, 6) is 3.47. The standard InChI is InChI=1S/C35H36NO/c1-21(2)17-30-29-12-8-7-11-27(29)22(3)31-33-32-25(15-16-36(33)4)20-26-19-24(18-23-9-5-6-10-23)13-14-28(26)34(32)37-35(30)31/h7-8,11-16,19-21,23H,5-6,9-10,17-18H2,1-4H3/q+1. The van der Waals surface area contributed by atoms with Crippen LogP contribution in [0.4, 0.5) is 0 Å². The van der Waals surface area contributed by atoms with Gasteiger partial charge in [-0.25, -0.2) is 4.57 Å². The molecule has 4 aromatic carbocycles. The summed E-state index contributed by atoms with van der Waals surface area (Å²) < 4.78 is 9.40. The maximum absolute atomic E-state index is 7.10. The summed E-state index contributed by atoms with van der Waals surface area (Å²) in [5, 5.41) is 7.68. The molecule has 37 heavy (non-hydrogen) atoms. The molecular weight excluding hydrogens is 450 g/mol. The van der Waals surface area contributed by atoms with Crippen molar-refractivity contribution in [2.45, 2.75) is 59.3 Å². The van der Waals surface area contributed by atoms with Crippen molar-refractivity contribution < 1.29 is 9.30 Å². The molecule has 1 aliphatic carbocycles. The number of nitrogens with zero attached hydrogens (tertiary/aromatic N) is 1. The first-order valence-electron chi connectivity index (χ1n) is 14.1. The third-order valence-corrected chi connectivity index (χ3v) is 8.84. The molecule has 2 nitrogen and oxygen atoms in total. The fraction of sp³-hybridized carbons (Fsp3) is 0.343. The molecular formula is C35H36NO+. The molecule has 1 aliphatic heterocycles. The Hall–Kier alpha value is -3.39. The fourth-order valence-electron chi connectivity index (χ4n) is 7.11. The summed E-state index contributed by atoms with van der Waals surface area (Å²) in [5.41, 5.74) is 6.64. The Bertz CT molecular complexity index is 1700. The molecule has 0 bridgehead atoms. The van der Waals surface area contributed by atoms with Crippen LogP contribution < -0.4 is 9.30 Å². The summed E-state index contributed by atoms with van der Waals surface area (Å²) in [7, 11) is 2.18. The second-order valence-corrected chi connectivity index (χ2v) is 11.9. The van der Waals surface area contributed by atoms with E-state index in [1.54, 1.807) is 0 Å². The van der Waals surface area contributed by atoms with E-state index in [4.69, 9.17) is 4.74 Å². The Morgan fingerprint density at radius 2 is 1.68 bits per heavy atom. The predicted molar refractivity (Wildman–Crippen MR) is 155 cm³/mol. The van der Waals surface area contributed by atoms with Crippen LogP contribution in [0, 0.1) is 18.8 Å². The number of aromatic nitrogens is 1. The quantitative estimate of drug-likeness (QED) is 0.179. The lowest BCUT2D eigenvalue weighted by Gasteiger charge is -2.26. The molecule has 1 fully saturated rings. The van der Waals surface area contributed by atoms with Crippen LogP contribution >= 0.6 is 0 Å². The van der Waals surface area contributed by atoms with Crippen LogP contribution in [-0.2, 0) is 19.9 Å². The maximum Gasteiger partial charge on any atom is 0.228 e. The molecule has 0 spiro atoms. The molecule has 1 aromatic heterocycles. The molecule has 0 radical (unpaired) electrons. The zero-order valence-corrected chi connectivity index (χ0v) is 22.5. The van der Waals surface area contributed by atoms with Crippen molar-refractivity contribution in [3.8, 4) is 22.8 Å². The van der Waals surface area contributed by atoms with Gasteiger partial charge in [0.05, 0.1) is 10.9 Å². The molecule has 0 N–H and O–H groups in total. The summed E-state index contributed by atoms with van der Waals surface area (Å²) in [6.07, 6.45) is 9.97. The molecule has 0 unspecified atom stereocenters. The van der Waals surface area contributed by atoms with Gasteiger partial charge in [-0.2, -0.15) is 0 Å². The highest BCUT2D eigenvalue weighted by Gasteiger charge is 2.34. The monoisotopic (exact) mass is 486 g/mol. The Kier molecular flexibility index (Phi) is 5.29. The van der Waals surface area contributed by atoms with Crippen molar-refractivity contribution in [1.82, 2.24) is 0 Å². The van der Waals surface area contributed by atoms with E-state index in [1.165, 1.54) is 92.4 Å². The van der Waals surface area contributed by atoms with Crippen molar-refractivity contribution in [2.24, 2.45) is 18.9 Å². The molecule has 2 aliphatic rings. The Morgan fingerprint density at radius 1 is 0.892 bits per heavy atom. The van der Waals surface area contributed by atoms with Crippen LogP contribution in [0.1, 0.15) is 56.2 Å². The van der Waals surface area contributed by atoms with Crippen molar-refractivity contribution in [1.29, 1.82) is 0 Å². The van der Waals surface area contributed by atoms with E-state index in [-0.39, 0.29) is 0 Å². The van der Waals surface area contributed by atoms with E-state index in [0.717, 1.165) is 23.8 Å². The van der Waals surface area contributed by atoms with Gasteiger partial charge in [-0.15, -0.1) is 0 Å². The van der Waals surface area contributed by atoms with Crippen LogP contribution in [0.3, 0.4) is 0 Å². The average Bonchev–Trinajstić information content (AvgIpc) is 3.40. The van der Waals surface area contributed by atoms with E-state index in [2.05, 4.69) is 93.2 Å². The normalized spacial score (nSPS) is 15.2. The summed E-state index contributed by atoms with van der Waals surface area (Å²) in [4.78, 5) is 0. The first kappa shape index (κ1) is 22.8. The molecule has 2 heteroatoms. The van der Waals surface area contributed by atoms with Crippen molar-refractivity contribution >= 4 is 32.3 Å². The first-order chi connectivity index (χ1) is 18.0. The zero-order chi connectivity index (χ0) is 25.3. The van der Waals surface area contributed by atoms with Gasteiger partial charge in [-0.05, 0) is 70.3 Å². The lowest BCUT2D eigenvalue weighted by Crippen LogP contribution is -2.32. The number of hydrogen-bond acceptors (Lipinski definition) is 1. The minimum absolute atomic E-state index is 0.537. The number of pyridine rings is 1. The second kappa shape index (κ2) is 8.58. The molecule has 0 amide bonds. The predicted octanol–water partition coefficient (Wildman–Crippen LogP) is 8.98. The van der Waals surface area contributed by atoms with Gasteiger partial charge in [-0.3, -0.25) is 0 Å². The number of fused-ring (bicyclic) bond motifs is 5. The van der Waals surface area contributed by atoms with Crippen LogP contribution in [0.25, 0.3) is 43.6 Å². The Balaban J connectivity index is 1.52. The molecule has 2 heterocycles. The second-order valence-electron chi connectivity index (χ2n) is 11.9. The van der Waals surface area contributed by atoms with Gasteiger partial charge in [0.2, 0.25) is 5.69 Å². The molecule has 5 aromatic rings. The molecule has 1 saturated carbocycles. The van der Waals surface area contributed by atoms with E-state index in [9.17, 15) is 0 Å². The third-order valence-electron chi connectivity index (χ3n) is 8.84. The number of benzene rings is 4. The maximum atomic E-state index is 7.10. The van der Waals surface area contributed by atoms with Crippen LogP contribution in [-0.4, -0.2) is 0 Å². The van der Waals surface area contributed by atoms with Crippen molar-refractivity contribution in [3.63, 3.8) is 0 Å². The van der Waals surface area contributed by atoms with Crippen LogP contribution in [0.5, 0.6) is 11.5 Å². The highest BCUT2D eigenvalue weighted by Crippen LogP contribution is 2.53. The van der Waals surface area contributed by atoms with Gasteiger partial charge in [0.15, 0.2) is 6.20 Å². The molecule has 186 valence electrons. The van der Waals surface area contributed by atoms with Gasteiger partial charge in [0.1, 0.15) is 18.5 Å². The van der Waals surface area contributed by atoms with Gasteiger partial charge in [0.25, 0.3) is 0 Å². The van der Waals surface area contributed by atoms with Gasteiger partial charge in [0, 0.05) is 17.0 Å². The van der Waals surface area contributed by atoms with Crippen molar-refractivity contribution in [3.05, 3.63) is 77.5 Å². The highest BCUT2D eigenvalue weighted by molar-refractivity contribution is 6.13. The van der Waals surface area contributed by atoms with Gasteiger partial charge < -0.3 is 4.74 Å². The smallest absolute Gasteiger partial charge is 0.228 e. The zero-order valence-electron chi connectivity index (χ0n) is 22.5. The Morgan fingerprint density at radius 3 is 2.46 bits per heavy atom. The number of aryl methyl sites for hydroxylation is 2. The van der Waals surface area contributed by atoms with Crippen LogP contribution in [0.15, 0.2) is 60.8 Å². The van der Waals surface area contributed by atoms with Gasteiger partial charge >= 0.3 is 0 Å². The Labute approximate surface area is 219 Å². The third kappa shape index (κ3) is 3.56. The first-order valence-corrected chi connectivity index (χ1v) is 14.1. The van der Waals surface area contributed by atoms with E-state index in [0.29, 0.717) is 5.92 Å². The average molecular weight is 487 g/mol. The molecule has 0 saturated heterocycles. The number of ether oxygens (including phenoxy) is 1. The minimum atomic E-state index is 0.537. The number of hydrogen-bond donors (Lipinski definition) is 0. The summed E-state index contributed by atoms with van der Waals surface area (Å²) >= 11 is 0. The SMILES string of the molecule is Cc1c2c(c(CC(C)C)c3ccccc13)Oc1c3ccc(CC4CCCC4)cc3cc3cc[n+](C)c-2c13.